The van der Waals surface area contributed by atoms with Crippen LogP contribution in [0.4, 0.5) is 13.2 Å². The summed E-state index contributed by atoms with van der Waals surface area (Å²) >= 11 is 0. The van der Waals surface area contributed by atoms with Gasteiger partial charge in [0.15, 0.2) is 0 Å². The highest BCUT2D eigenvalue weighted by molar-refractivity contribution is 5.69. The summed E-state index contributed by atoms with van der Waals surface area (Å²) in [6, 6.07) is 2.08. The third kappa shape index (κ3) is 5.46. The Hall–Kier alpha value is -1.79. The molecule has 0 amide bonds. The van der Waals surface area contributed by atoms with Gasteiger partial charge in [-0.3, -0.25) is 4.79 Å². The van der Waals surface area contributed by atoms with Gasteiger partial charge in [0.25, 0.3) is 0 Å². The van der Waals surface area contributed by atoms with E-state index in [9.17, 15) is 18.0 Å². The highest BCUT2D eigenvalue weighted by Crippen LogP contribution is 2.29. The molecule has 1 unspecified atom stereocenters. The molecule has 7 heteroatoms. The maximum absolute atomic E-state index is 12.3. The van der Waals surface area contributed by atoms with E-state index in [1.165, 1.54) is 6.07 Å². The molecule has 1 heterocycles. The SMILES string of the molecule is CC(CCCCOc1ccc(C(F)(F)F)cn1)C(=O)O. The summed E-state index contributed by atoms with van der Waals surface area (Å²) in [6.07, 6.45) is -1.84. The molecule has 0 aliphatic rings. The van der Waals surface area contributed by atoms with E-state index in [1.807, 2.05) is 0 Å². The van der Waals surface area contributed by atoms with Gasteiger partial charge in [-0.05, 0) is 25.3 Å². The Labute approximate surface area is 114 Å². The second-order valence-corrected chi connectivity index (χ2v) is 4.47. The van der Waals surface area contributed by atoms with Gasteiger partial charge in [0, 0.05) is 12.3 Å². The first-order valence-electron chi connectivity index (χ1n) is 6.19. The number of alkyl halides is 3. The van der Waals surface area contributed by atoms with Crippen LogP contribution in [-0.2, 0) is 11.0 Å². The van der Waals surface area contributed by atoms with E-state index in [0.717, 1.165) is 12.3 Å². The minimum Gasteiger partial charge on any atom is -0.481 e. The molecule has 0 radical (unpaired) electrons. The Morgan fingerprint density at radius 1 is 1.40 bits per heavy atom. The molecule has 1 rings (SSSR count). The number of ether oxygens (including phenoxy) is 1. The second-order valence-electron chi connectivity index (χ2n) is 4.47. The Bertz CT molecular complexity index is 431. The molecule has 0 aromatic carbocycles. The summed E-state index contributed by atoms with van der Waals surface area (Å²) in [5, 5.41) is 8.68. The van der Waals surface area contributed by atoms with E-state index in [0.29, 0.717) is 25.9 Å². The molecule has 0 saturated heterocycles. The number of hydrogen-bond acceptors (Lipinski definition) is 3. The van der Waals surface area contributed by atoms with Gasteiger partial charge in [-0.25, -0.2) is 4.98 Å². The molecule has 0 spiro atoms. The lowest BCUT2D eigenvalue weighted by molar-refractivity contribution is -0.141. The maximum Gasteiger partial charge on any atom is 0.417 e. The summed E-state index contributed by atoms with van der Waals surface area (Å²) in [6.45, 7) is 1.92. The van der Waals surface area contributed by atoms with Crippen LogP contribution >= 0.6 is 0 Å². The molecule has 0 fully saturated rings. The molecule has 0 aliphatic carbocycles. The van der Waals surface area contributed by atoms with Gasteiger partial charge in [-0.15, -0.1) is 0 Å². The minimum atomic E-state index is -4.40. The van der Waals surface area contributed by atoms with Crippen molar-refractivity contribution in [3.63, 3.8) is 0 Å². The van der Waals surface area contributed by atoms with E-state index in [1.54, 1.807) is 6.92 Å². The smallest absolute Gasteiger partial charge is 0.417 e. The van der Waals surface area contributed by atoms with Crippen LogP contribution in [0.25, 0.3) is 0 Å². The number of carbonyl (C=O) groups is 1. The monoisotopic (exact) mass is 291 g/mol. The molecule has 0 saturated carbocycles. The van der Waals surface area contributed by atoms with Crippen molar-refractivity contribution in [3.8, 4) is 5.88 Å². The lowest BCUT2D eigenvalue weighted by Gasteiger charge is -2.09. The third-order valence-electron chi connectivity index (χ3n) is 2.77. The zero-order valence-corrected chi connectivity index (χ0v) is 11.0. The lowest BCUT2D eigenvalue weighted by atomic mass is 10.1. The molecule has 112 valence electrons. The molecular weight excluding hydrogens is 275 g/mol. The van der Waals surface area contributed by atoms with Crippen LogP contribution in [0.1, 0.15) is 31.7 Å². The Balaban J connectivity index is 2.28. The van der Waals surface area contributed by atoms with Crippen molar-refractivity contribution in [2.24, 2.45) is 5.92 Å². The molecule has 1 N–H and O–H groups in total. The number of nitrogens with zero attached hydrogens (tertiary/aromatic N) is 1. The van der Waals surface area contributed by atoms with Gasteiger partial charge < -0.3 is 9.84 Å². The van der Waals surface area contributed by atoms with Crippen LogP contribution in [0.3, 0.4) is 0 Å². The van der Waals surface area contributed by atoms with Crippen LogP contribution in [0.15, 0.2) is 18.3 Å². The molecule has 1 aromatic heterocycles. The summed E-state index contributed by atoms with van der Waals surface area (Å²) in [5.74, 6) is -1.11. The van der Waals surface area contributed by atoms with E-state index < -0.39 is 23.6 Å². The standard InChI is InChI=1S/C13H16F3NO3/c1-9(12(18)19)4-2-3-7-20-11-6-5-10(8-17-11)13(14,15)16/h5-6,8-9H,2-4,7H2,1H3,(H,18,19). The summed E-state index contributed by atoms with van der Waals surface area (Å²) < 4.78 is 42.0. The van der Waals surface area contributed by atoms with Crippen molar-refractivity contribution < 1.29 is 27.8 Å². The van der Waals surface area contributed by atoms with Crippen LogP contribution in [0.2, 0.25) is 0 Å². The van der Waals surface area contributed by atoms with Gasteiger partial charge in [-0.2, -0.15) is 13.2 Å². The van der Waals surface area contributed by atoms with Gasteiger partial charge >= 0.3 is 12.1 Å². The van der Waals surface area contributed by atoms with E-state index in [4.69, 9.17) is 9.84 Å². The predicted molar refractivity (Wildman–Crippen MR) is 65.4 cm³/mol. The van der Waals surface area contributed by atoms with Gasteiger partial charge in [-0.1, -0.05) is 6.92 Å². The van der Waals surface area contributed by atoms with Crippen LogP contribution in [0.5, 0.6) is 5.88 Å². The molecule has 4 nitrogen and oxygen atoms in total. The topological polar surface area (TPSA) is 59.4 Å². The highest BCUT2D eigenvalue weighted by Gasteiger charge is 2.30. The number of rotatable bonds is 7. The summed E-state index contributed by atoms with van der Waals surface area (Å²) in [4.78, 5) is 14.1. The number of carboxylic acids is 1. The fourth-order valence-corrected chi connectivity index (χ4v) is 1.49. The van der Waals surface area contributed by atoms with Crippen LogP contribution in [-0.4, -0.2) is 22.7 Å². The number of aliphatic carboxylic acids is 1. The molecule has 20 heavy (non-hydrogen) atoms. The summed E-state index contributed by atoms with van der Waals surface area (Å²) in [7, 11) is 0. The number of aromatic nitrogens is 1. The van der Waals surface area contributed by atoms with Crippen molar-refractivity contribution >= 4 is 5.97 Å². The first kappa shape index (κ1) is 16.3. The van der Waals surface area contributed by atoms with Crippen LogP contribution < -0.4 is 4.74 Å². The lowest BCUT2D eigenvalue weighted by Crippen LogP contribution is -2.10. The van der Waals surface area contributed by atoms with Gasteiger partial charge in [0.2, 0.25) is 5.88 Å². The van der Waals surface area contributed by atoms with Gasteiger partial charge in [0.1, 0.15) is 0 Å². The second kappa shape index (κ2) is 7.12. The maximum atomic E-state index is 12.3. The molecule has 0 bridgehead atoms. The van der Waals surface area contributed by atoms with Crippen LogP contribution in [0, 0.1) is 5.92 Å². The Morgan fingerprint density at radius 3 is 2.60 bits per heavy atom. The minimum absolute atomic E-state index is 0.129. The van der Waals surface area contributed by atoms with Gasteiger partial charge in [0.05, 0.1) is 18.1 Å². The fourth-order valence-electron chi connectivity index (χ4n) is 1.49. The summed E-state index contributed by atoms with van der Waals surface area (Å²) in [5.41, 5.74) is -0.819. The van der Waals surface area contributed by atoms with E-state index in [-0.39, 0.29) is 5.88 Å². The predicted octanol–water partition coefficient (Wildman–Crippen LogP) is 3.37. The first-order valence-corrected chi connectivity index (χ1v) is 6.19. The van der Waals surface area contributed by atoms with Crippen molar-refractivity contribution in [2.75, 3.05) is 6.61 Å². The molecule has 1 aromatic rings. The highest BCUT2D eigenvalue weighted by atomic mass is 19.4. The first-order chi connectivity index (χ1) is 9.30. The quantitative estimate of drug-likeness (QED) is 0.782. The van der Waals surface area contributed by atoms with E-state index >= 15 is 0 Å². The average Bonchev–Trinajstić information content (AvgIpc) is 2.37. The zero-order valence-electron chi connectivity index (χ0n) is 11.0. The van der Waals surface area contributed by atoms with Crippen molar-refractivity contribution in [2.45, 2.75) is 32.4 Å². The number of carboxylic acid groups (broad SMARTS) is 1. The Kier molecular flexibility index (Phi) is 5.79. The number of halogens is 3. The third-order valence-corrected chi connectivity index (χ3v) is 2.77. The largest absolute Gasteiger partial charge is 0.481 e. The fraction of sp³-hybridized carbons (Fsp3) is 0.538. The van der Waals surface area contributed by atoms with Crippen molar-refractivity contribution in [1.82, 2.24) is 4.98 Å². The normalized spacial score (nSPS) is 13.0. The average molecular weight is 291 g/mol. The number of pyridine rings is 1. The zero-order chi connectivity index (χ0) is 15.2. The van der Waals surface area contributed by atoms with Crippen molar-refractivity contribution in [3.05, 3.63) is 23.9 Å². The molecular formula is C13H16F3NO3. The van der Waals surface area contributed by atoms with E-state index in [2.05, 4.69) is 4.98 Å². The molecule has 1 atom stereocenters. The molecule has 0 aliphatic heterocycles. The number of hydrogen-bond donors (Lipinski definition) is 1. The Morgan fingerprint density at radius 2 is 2.10 bits per heavy atom. The van der Waals surface area contributed by atoms with Crippen molar-refractivity contribution in [1.29, 1.82) is 0 Å². The number of unbranched alkanes of at least 4 members (excludes halogenated alkanes) is 1.